The maximum atomic E-state index is 10.6. The van der Waals surface area contributed by atoms with Gasteiger partial charge in [0.25, 0.3) is 5.69 Å². The number of ether oxygens (including phenoxy) is 1. The van der Waals surface area contributed by atoms with Gasteiger partial charge in [0.2, 0.25) is 0 Å². The van der Waals surface area contributed by atoms with E-state index < -0.39 is 17.6 Å². The number of aliphatic hydroxyl groups is 1. The van der Waals surface area contributed by atoms with E-state index >= 15 is 0 Å². The number of amides is 1. The third-order valence-electron chi connectivity index (χ3n) is 1.90. The number of hydrogen-bond acceptors (Lipinski definition) is 5. The van der Waals surface area contributed by atoms with Gasteiger partial charge in [-0.15, -0.1) is 0 Å². The zero-order chi connectivity index (χ0) is 12.1. The monoisotopic (exact) mass is 226 g/mol. The van der Waals surface area contributed by atoms with Crippen molar-refractivity contribution in [2.45, 2.75) is 13.2 Å². The van der Waals surface area contributed by atoms with E-state index in [9.17, 15) is 14.9 Å². The maximum Gasteiger partial charge on any atom is 0.404 e. The standard InChI is InChI=1S/C9H10N2O5/c10-9(13)16-5-6-1-2-7(4-12)8(3-6)11(14)15/h1-3,12H,4-5H2,(H2,10,13). The SMILES string of the molecule is NC(=O)OCc1ccc(CO)c([N+](=O)[O-])c1. The summed E-state index contributed by atoms with van der Waals surface area (Å²) in [6, 6.07) is 4.15. The molecule has 1 rings (SSSR count). The normalized spacial score (nSPS) is 9.81. The summed E-state index contributed by atoms with van der Waals surface area (Å²) in [5.74, 6) is 0. The number of aliphatic hydroxyl groups excluding tert-OH is 1. The molecule has 1 aromatic rings. The zero-order valence-electron chi connectivity index (χ0n) is 8.25. The Morgan fingerprint density at radius 3 is 2.75 bits per heavy atom. The summed E-state index contributed by atoms with van der Waals surface area (Å²) in [7, 11) is 0. The van der Waals surface area contributed by atoms with Crippen LogP contribution in [0.3, 0.4) is 0 Å². The van der Waals surface area contributed by atoms with Gasteiger partial charge >= 0.3 is 6.09 Å². The molecule has 0 radical (unpaired) electrons. The predicted molar refractivity (Wildman–Crippen MR) is 53.4 cm³/mol. The average molecular weight is 226 g/mol. The number of rotatable bonds is 4. The number of primary amides is 1. The molecule has 0 saturated heterocycles. The molecule has 7 heteroatoms. The molecule has 0 spiro atoms. The first-order chi connectivity index (χ1) is 7.54. The summed E-state index contributed by atoms with van der Waals surface area (Å²) in [6.07, 6.45) is -0.950. The van der Waals surface area contributed by atoms with Gasteiger partial charge in [0, 0.05) is 6.07 Å². The summed E-state index contributed by atoms with van der Waals surface area (Å²) < 4.78 is 4.49. The molecular formula is C9H10N2O5. The van der Waals surface area contributed by atoms with Gasteiger partial charge in [-0.05, 0) is 11.6 Å². The van der Waals surface area contributed by atoms with Gasteiger partial charge in [0.05, 0.1) is 17.1 Å². The van der Waals surface area contributed by atoms with Gasteiger partial charge < -0.3 is 15.6 Å². The Kier molecular flexibility index (Phi) is 3.78. The van der Waals surface area contributed by atoms with Crippen LogP contribution in [0.25, 0.3) is 0 Å². The largest absolute Gasteiger partial charge is 0.445 e. The molecule has 0 fully saturated rings. The average Bonchev–Trinajstić information content (AvgIpc) is 2.25. The summed E-state index contributed by atoms with van der Waals surface area (Å²) in [6.45, 7) is -0.560. The highest BCUT2D eigenvalue weighted by Gasteiger charge is 2.13. The highest BCUT2D eigenvalue weighted by atomic mass is 16.6. The molecule has 0 bridgehead atoms. The molecule has 0 unspecified atom stereocenters. The van der Waals surface area contributed by atoms with Crippen molar-refractivity contribution in [1.82, 2.24) is 0 Å². The molecule has 16 heavy (non-hydrogen) atoms. The predicted octanol–water partition coefficient (Wildman–Crippen LogP) is 0.682. The van der Waals surface area contributed by atoms with E-state index in [1.807, 2.05) is 0 Å². The van der Waals surface area contributed by atoms with Gasteiger partial charge in [0.1, 0.15) is 6.61 Å². The van der Waals surface area contributed by atoms with Crippen molar-refractivity contribution in [2.24, 2.45) is 5.73 Å². The smallest absolute Gasteiger partial charge is 0.404 e. The van der Waals surface area contributed by atoms with Crippen LogP contribution in [0.15, 0.2) is 18.2 Å². The topological polar surface area (TPSA) is 116 Å². The van der Waals surface area contributed by atoms with Gasteiger partial charge in [-0.3, -0.25) is 10.1 Å². The fourth-order valence-electron chi connectivity index (χ4n) is 1.16. The van der Waals surface area contributed by atoms with Crippen LogP contribution in [0.5, 0.6) is 0 Å². The van der Waals surface area contributed by atoms with Crippen LogP contribution in [0.4, 0.5) is 10.5 Å². The van der Waals surface area contributed by atoms with E-state index in [-0.39, 0.29) is 17.9 Å². The molecule has 7 nitrogen and oxygen atoms in total. The summed E-state index contributed by atoms with van der Waals surface area (Å²) in [5, 5.41) is 19.5. The first kappa shape index (κ1) is 11.9. The van der Waals surface area contributed by atoms with Crippen molar-refractivity contribution < 1.29 is 19.6 Å². The highest BCUT2D eigenvalue weighted by molar-refractivity contribution is 5.64. The van der Waals surface area contributed by atoms with E-state index in [2.05, 4.69) is 4.74 Å². The lowest BCUT2D eigenvalue weighted by Gasteiger charge is -2.04. The molecule has 0 heterocycles. The third-order valence-corrected chi connectivity index (χ3v) is 1.90. The Labute approximate surface area is 90.6 Å². The number of nitrogens with zero attached hydrogens (tertiary/aromatic N) is 1. The number of carbonyl (C=O) groups excluding carboxylic acids is 1. The van der Waals surface area contributed by atoms with Crippen molar-refractivity contribution in [3.8, 4) is 0 Å². The minimum Gasteiger partial charge on any atom is -0.445 e. The van der Waals surface area contributed by atoms with Gasteiger partial charge in [0.15, 0.2) is 0 Å². The summed E-state index contributed by atoms with van der Waals surface area (Å²) in [5.41, 5.74) is 5.18. The zero-order valence-corrected chi connectivity index (χ0v) is 8.25. The minimum atomic E-state index is -0.950. The molecule has 0 aromatic heterocycles. The van der Waals surface area contributed by atoms with Crippen LogP contribution in [0, 0.1) is 10.1 Å². The first-order valence-corrected chi connectivity index (χ1v) is 4.34. The van der Waals surface area contributed by atoms with Crippen molar-refractivity contribution in [3.63, 3.8) is 0 Å². The molecule has 1 amide bonds. The highest BCUT2D eigenvalue weighted by Crippen LogP contribution is 2.20. The Bertz CT molecular complexity index is 418. The summed E-state index contributed by atoms with van der Waals surface area (Å²) in [4.78, 5) is 20.4. The van der Waals surface area contributed by atoms with Crippen LogP contribution in [-0.2, 0) is 18.0 Å². The molecule has 0 aliphatic rings. The molecular weight excluding hydrogens is 216 g/mol. The number of nitrogens with two attached hydrogens (primary N) is 1. The number of carbonyl (C=O) groups is 1. The van der Waals surface area contributed by atoms with E-state index in [1.54, 1.807) is 0 Å². The van der Waals surface area contributed by atoms with Crippen molar-refractivity contribution in [2.75, 3.05) is 0 Å². The molecule has 86 valence electrons. The number of benzene rings is 1. The Balaban J connectivity index is 2.93. The second-order valence-electron chi connectivity index (χ2n) is 2.99. The second-order valence-corrected chi connectivity index (χ2v) is 2.99. The Morgan fingerprint density at radius 1 is 1.56 bits per heavy atom. The van der Waals surface area contributed by atoms with Crippen molar-refractivity contribution in [1.29, 1.82) is 0 Å². The van der Waals surface area contributed by atoms with E-state index in [4.69, 9.17) is 10.8 Å². The van der Waals surface area contributed by atoms with E-state index in [0.717, 1.165) is 0 Å². The van der Waals surface area contributed by atoms with Crippen LogP contribution in [-0.4, -0.2) is 16.1 Å². The Hall–Kier alpha value is -2.15. The van der Waals surface area contributed by atoms with Crippen molar-refractivity contribution in [3.05, 3.63) is 39.4 Å². The maximum absolute atomic E-state index is 10.6. The summed E-state index contributed by atoms with van der Waals surface area (Å²) >= 11 is 0. The lowest BCUT2D eigenvalue weighted by Crippen LogP contribution is -2.12. The second kappa shape index (κ2) is 5.08. The lowest BCUT2D eigenvalue weighted by atomic mass is 10.1. The third kappa shape index (κ3) is 2.92. The van der Waals surface area contributed by atoms with E-state index in [0.29, 0.717) is 5.56 Å². The van der Waals surface area contributed by atoms with Gasteiger partial charge in [-0.2, -0.15) is 0 Å². The molecule has 1 aromatic carbocycles. The number of hydrogen-bond donors (Lipinski definition) is 2. The molecule has 0 atom stereocenters. The number of nitro groups is 1. The van der Waals surface area contributed by atoms with Crippen LogP contribution >= 0.6 is 0 Å². The minimum absolute atomic E-state index is 0.137. The quantitative estimate of drug-likeness (QED) is 0.578. The van der Waals surface area contributed by atoms with E-state index in [1.165, 1.54) is 18.2 Å². The van der Waals surface area contributed by atoms with Crippen LogP contribution < -0.4 is 5.73 Å². The Morgan fingerprint density at radius 2 is 2.25 bits per heavy atom. The van der Waals surface area contributed by atoms with Crippen LogP contribution in [0.2, 0.25) is 0 Å². The van der Waals surface area contributed by atoms with Gasteiger partial charge in [-0.25, -0.2) is 4.79 Å². The lowest BCUT2D eigenvalue weighted by molar-refractivity contribution is -0.385. The molecule has 0 saturated carbocycles. The number of nitro benzene ring substituents is 1. The fourth-order valence-corrected chi connectivity index (χ4v) is 1.16. The van der Waals surface area contributed by atoms with Gasteiger partial charge in [-0.1, -0.05) is 6.07 Å². The van der Waals surface area contributed by atoms with Crippen LogP contribution in [0.1, 0.15) is 11.1 Å². The molecule has 0 aliphatic carbocycles. The molecule has 3 N–H and O–H groups in total. The fraction of sp³-hybridized carbons (Fsp3) is 0.222. The first-order valence-electron chi connectivity index (χ1n) is 4.34. The molecule has 0 aliphatic heterocycles. The van der Waals surface area contributed by atoms with Crippen molar-refractivity contribution >= 4 is 11.8 Å².